The maximum atomic E-state index is 11.2. The lowest BCUT2D eigenvalue weighted by Crippen LogP contribution is -2.91. The molecule has 1 aliphatic rings. The summed E-state index contributed by atoms with van der Waals surface area (Å²) in [6.45, 7) is 0.560. The molecule has 1 fully saturated rings. The highest BCUT2D eigenvalue weighted by molar-refractivity contribution is 7.91. The molecule has 0 bridgehead atoms. The van der Waals surface area contributed by atoms with Crippen molar-refractivity contribution in [3.63, 3.8) is 0 Å². The number of quaternary nitrogens is 1. The van der Waals surface area contributed by atoms with Crippen LogP contribution in [-0.2, 0) is 16.4 Å². The third kappa shape index (κ3) is 2.58. The van der Waals surface area contributed by atoms with Gasteiger partial charge in [0.15, 0.2) is 15.6 Å². The minimum atomic E-state index is -3.05. The van der Waals surface area contributed by atoms with Crippen molar-refractivity contribution in [2.24, 2.45) is 0 Å². The molecule has 0 saturated carbocycles. The van der Waals surface area contributed by atoms with E-state index in [-0.39, 0.29) is 17.5 Å². The van der Waals surface area contributed by atoms with Gasteiger partial charge in [0.1, 0.15) is 24.4 Å². The van der Waals surface area contributed by atoms with Crippen molar-refractivity contribution in [3.05, 3.63) is 24.2 Å². The highest BCUT2D eigenvalue weighted by Gasteiger charge is 2.39. The Balaban J connectivity index is 1.91. The molecule has 1 aromatic heterocycles. The quantitative estimate of drug-likeness (QED) is 0.664. The van der Waals surface area contributed by atoms with Gasteiger partial charge in [0.2, 0.25) is 0 Å². The Labute approximate surface area is 88.0 Å². The van der Waals surface area contributed by atoms with E-state index in [2.05, 4.69) is 0 Å². The lowest BCUT2D eigenvalue weighted by molar-refractivity contribution is -0.706. The van der Waals surface area contributed by atoms with Crippen LogP contribution in [0.2, 0.25) is 0 Å². The molecular formula is C9H14NO4S+. The molecular weight excluding hydrogens is 218 g/mol. The molecule has 0 spiro atoms. The van der Waals surface area contributed by atoms with Gasteiger partial charge in [0.05, 0.1) is 12.0 Å². The van der Waals surface area contributed by atoms with E-state index in [1.807, 2.05) is 11.4 Å². The lowest BCUT2D eigenvalue weighted by Gasteiger charge is -2.09. The Morgan fingerprint density at radius 3 is 2.87 bits per heavy atom. The first-order chi connectivity index (χ1) is 7.07. The second kappa shape index (κ2) is 3.96. The minimum absolute atomic E-state index is 0.0505. The minimum Gasteiger partial charge on any atom is -0.463 e. The Morgan fingerprint density at radius 1 is 1.53 bits per heavy atom. The van der Waals surface area contributed by atoms with Gasteiger partial charge in [-0.05, 0) is 12.1 Å². The number of sulfone groups is 1. The summed E-state index contributed by atoms with van der Waals surface area (Å²) in [6, 6.07) is 3.34. The normalized spacial score (nSPS) is 29.4. The lowest BCUT2D eigenvalue weighted by atomic mass is 10.2. The molecule has 1 saturated heterocycles. The monoisotopic (exact) mass is 232 g/mol. The van der Waals surface area contributed by atoms with Crippen molar-refractivity contribution in [2.45, 2.75) is 18.7 Å². The largest absolute Gasteiger partial charge is 0.463 e. The fourth-order valence-electron chi connectivity index (χ4n) is 1.78. The average Bonchev–Trinajstić information content (AvgIpc) is 2.70. The summed E-state index contributed by atoms with van der Waals surface area (Å²) in [6.07, 6.45) is 0.815. The number of hydrogen-bond donors (Lipinski definition) is 2. The van der Waals surface area contributed by atoms with E-state index in [1.165, 1.54) is 0 Å². The van der Waals surface area contributed by atoms with Crippen molar-refractivity contribution in [1.29, 1.82) is 0 Å². The zero-order valence-electron chi connectivity index (χ0n) is 8.17. The van der Waals surface area contributed by atoms with Crippen molar-refractivity contribution < 1.29 is 23.3 Å². The SMILES string of the molecule is O=S1(=O)CC(O)C([NH2+]Cc2ccco2)C1. The van der Waals surface area contributed by atoms with E-state index in [0.717, 1.165) is 5.76 Å². The van der Waals surface area contributed by atoms with Crippen LogP contribution >= 0.6 is 0 Å². The Morgan fingerprint density at radius 2 is 2.33 bits per heavy atom. The summed E-state index contributed by atoms with van der Waals surface area (Å²) < 4.78 is 27.5. The van der Waals surface area contributed by atoms with Gasteiger partial charge in [-0.1, -0.05) is 0 Å². The van der Waals surface area contributed by atoms with Gasteiger partial charge in [-0.25, -0.2) is 8.42 Å². The van der Waals surface area contributed by atoms with Gasteiger partial charge >= 0.3 is 0 Å². The molecule has 2 unspecified atom stereocenters. The number of rotatable bonds is 3. The van der Waals surface area contributed by atoms with Crippen LogP contribution in [0.3, 0.4) is 0 Å². The van der Waals surface area contributed by atoms with E-state index in [9.17, 15) is 13.5 Å². The molecule has 84 valence electrons. The molecule has 3 N–H and O–H groups in total. The van der Waals surface area contributed by atoms with Crippen molar-refractivity contribution in [2.75, 3.05) is 11.5 Å². The highest BCUT2D eigenvalue weighted by Crippen LogP contribution is 2.09. The average molecular weight is 232 g/mol. The Hall–Kier alpha value is -0.850. The maximum absolute atomic E-state index is 11.2. The zero-order valence-corrected chi connectivity index (χ0v) is 8.98. The van der Waals surface area contributed by atoms with Gasteiger partial charge in [0.25, 0.3) is 0 Å². The zero-order chi connectivity index (χ0) is 10.9. The predicted molar refractivity (Wildman–Crippen MR) is 52.8 cm³/mol. The second-order valence-corrected chi connectivity index (χ2v) is 5.98. The summed E-state index contributed by atoms with van der Waals surface area (Å²) in [5.41, 5.74) is 0. The molecule has 2 rings (SSSR count). The first kappa shape index (κ1) is 10.7. The molecule has 0 amide bonds. The summed E-state index contributed by atoms with van der Waals surface area (Å²) in [7, 11) is -3.05. The molecule has 0 aliphatic carbocycles. The van der Waals surface area contributed by atoms with Crippen molar-refractivity contribution in [1.82, 2.24) is 0 Å². The third-order valence-corrected chi connectivity index (χ3v) is 4.31. The smallest absolute Gasteiger partial charge is 0.159 e. The van der Waals surface area contributed by atoms with E-state index in [1.54, 1.807) is 12.3 Å². The molecule has 5 nitrogen and oxygen atoms in total. The number of aliphatic hydroxyl groups is 1. The summed E-state index contributed by atoms with van der Waals surface area (Å²) in [4.78, 5) is 0. The van der Waals surface area contributed by atoms with Crippen LogP contribution in [-0.4, -0.2) is 37.2 Å². The summed E-state index contributed by atoms with van der Waals surface area (Å²) in [5.74, 6) is 0.716. The van der Waals surface area contributed by atoms with Crippen molar-refractivity contribution in [3.8, 4) is 0 Å². The third-order valence-electron chi connectivity index (χ3n) is 2.57. The molecule has 2 atom stereocenters. The van der Waals surface area contributed by atoms with Gasteiger partial charge in [-0.15, -0.1) is 0 Å². The number of furan rings is 1. The number of hydrogen-bond acceptors (Lipinski definition) is 4. The molecule has 15 heavy (non-hydrogen) atoms. The summed E-state index contributed by atoms with van der Waals surface area (Å²) >= 11 is 0. The molecule has 1 aromatic rings. The van der Waals surface area contributed by atoms with Crippen LogP contribution in [0.25, 0.3) is 0 Å². The van der Waals surface area contributed by atoms with Crippen LogP contribution in [0.5, 0.6) is 0 Å². The predicted octanol–water partition coefficient (Wildman–Crippen LogP) is -1.50. The number of nitrogens with two attached hydrogens (primary N) is 1. The van der Waals surface area contributed by atoms with Gasteiger partial charge < -0.3 is 14.8 Å². The molecule has 6 heteroatoms. The second-order valence-electron chi connectivity index (χ2n) is 3.83. The molecule has 0 aromatic carbocycles. The van der Waals surface area contributed by atoms with Gasteiger partial charge in [-0.2, -0.15) is 0 Å². The Bertz CT molecular complexity index is 411. The molecule has 0 radical (unpaired) electrons. The van der Waals surface area contributed by atoms with Crippen LogP contribution in [0.4, 0.5) is 0 Å². The van der Waals surface area contributed by atoms with Gasteiger partial charge in [0, 0.05) is 0 Å². The van der Waals surface area contributed by atoms with E-state index in [4.69, 9.17) is 4.42 Å². The molecule has 1 aliphatic heterocycles. The summed E-state index contributed by atoms with van der Waals surface area (Å²) in [5, 5.41) is 11.3. The fraction of sp³-hybridized carbons (Fsp3) is 0.556. The van der Waals surface area contributed by atoms with Gasteiger partial charge in [-0.3, -0.25) is 0 Å². The van der Waals surface area contributed by atoms with Crippen LogP contribution in [0.1, 0.15) is 5.76 Å². The molecule has 2 heterocycles. The topological polar surface area (TPSA) is 84.1 Å². The van der Waals surface area contributed by atoms with E-state index >= 15 is 0 Å². The fourth-order valence-corrected chi connectivity index (χ4v) is 3.63. The van der Waals surface area contributed by atoms with Crippen molar-refractivity contribution >= 4 is 9.84 Å². The van der Waals surface area contributed by atoms with E-state index in [0.29, 0.717) is 6.54 Å². The highest BCUT2D eigenvalue weighted by atomic mass is 32.2. The first-order valence-electron chi connectivity index (χ1n) is 4.81. The van der Waals surface area contributed by atoms with E-state index < -0.39 is 15.9 Å². The Kier molecular flexibility index (Phi) is 2.81. The number of aliphatic hydroxyl groups excluding tert-OH is 1. The van der Waals surface area contributed by atoms with Crippen LogP contribution in [0, 0.1) is 0 Å². The first-order valence-corrected chi connectivity index (χ1v) is 6.63. The van der Waals surface area contributed by atoms with Crippen LogP contribution in [0.15, 0.2) is 22.8 Å². The standard InChI is InChI=1S/C9H13NO4S/c11-9-6-15(12,13)5-8(9)10-4-7-2-1-3-14-7/h1-3,8-11H,4-6H2/p+1. The van der Waals surface area contributed by atoms with Crippen LogP contribution < -0.4 is 5.32 Å². The maximum Gasteiger partial charge on any atom is 0.159 e.